The summed E-state index contributed by atoms with van der Waals surface area (Å²) in [5.41, 5.74) is 1.47. The summed E-state index contributed by atoms with van der Waals surface area (Å²) in [5, 5.41) is 19.5. The Balaban J connectivity index is 0.000000771. The van der Waals surface area contributed by atoms with E-state index in [-0.39, 0.29) is 11.4 Å². The highest BCUT2D eigenvalue weighted by Crippen LogP contribution is 2.21. The Kier molecular flexibility index (Phi) is 4.80. The van der Waals surface area contributed by atoms with Crippen LogP contribution in [0.1, 0.15) is 13.8 Å². The molecule has 0 unspecified atom stereocenters. The average Bonchev–Trinajstić information content (AvgIpc) is 2.42. The van der Waals surface area contributed by atoms with E-state index in [1.54, 1.807) is 18.2 Å². The van der Waals surface area contributed by atoms with Gasteiger partial charge in [-0.3, -0.25) is 15.1 Å². The SMILES string of the molecule is CC.O=[N+]([O-])c1ccc(-c2ccc(O)cn2)cc1. The Morgan fingerprint density at radius 2 is 1.72 bits per heavy atom. The van der Waals surface area contributed by atoms with Crippen molar-refractivity contribution in [1.82, 2.24) is 4.98 Å². The fourth-order valence-electron chi connectivity index (χ4n) is 1.31. The van der Waals surface area contributed by atoms with E-state index in [2.05, 4.69) is 4.98 Å². The van der Waals surface area contributed by atoms with Crippen molar-refractivity contribution in [2.24, 2.45) is 0 Å². The van der Waals surface area contributed by atoms with E-state index in [0.717, 1.165) is 5.56 Å². The summed E-state index contributed by atoms with van der Waals surface area (Å²) in [6, 6.07) is 9.25. The van der Waals surface area contributed by atoms with Crippen LogP contribution in [0.3, 0.4) is 0 Å². The summed E-state index contributed by atoms with van der Waals surface area (Å²) in [7, 11) is 0. The standard InChI is InChI=1S/C11H8N2O3.C2H6/c14-10-5-6-11(12-7-10)8-1-3-9(4-2-8)13(15)16;1-2/h1-7,14H;1-2H3. The van der Waals surface area contributed by atoms with Crippen LogP contribution in [0.5, 0.6) is 5.75 Å². The average molecular weight is 246 g/mol. The van der Waals surface area contributed by atoms with Gasteiger partial charge >= 0.3 is 0 Å². The third-order valence-corrected chi connectivity index (χ3v) is 2.12. The molecule has 1 N–H and O–H groups in total. The molecule has 94 valence electrons. The van der Waals surface area contributed by atoms with E-state index in [9.17, 15) is 10.1 Å². The lowest BCUT2D eigenvalue weighted by Gasteiger charge is -2.00. The summed E-state index contributed by atoms with van der Waals surface area (Å²) in [4.78, 5) is 14.0. The summed E-state index contributed by atoms with van der Waals surface area (Å²) in [5.74, 6) is 0.0886. The number of hydrogen-bond acceptors (Lipinski definition) is 4. The van der Waals surface area contributed by atoms with Crippen molar-refractivity contribution in [3.05, 3.63) is 52.7 Å². The molecule has 0 radical (unpaired) electrons. The molecule has 0 bridgehead atoms. The first-order chi connectivity index (χ1) is 8.66. The van der Waals surface area contributed by atoms with Crippen LogP contribution in [0.2, 0.25) is 0 Å². The van der Waals surface area contributed by atoms with E-state index < -0.39 is 4.92 Å². The van der Waals surface area contributed by atoms with E-state index in [0.29, 0.717) is 5.69 Å². The van der Waals surface area contributed by atoms with E-state index >= 15 is 0 Å². The van der Waals surface area contributed by atoms with E-state index in [1.165, 1.54) is 24.4 Å². The molecular weight excluding hydrogens is 232 g/mol. The van der Waals surface area contributed by atoms with Crippen LogP contribution in [0, 0.1) is 10.1 Å². The van der Waals surface area contributed by atoms with Gasteiger partial charge in [0, 0.05) is 17.7 Å². The molecule has 0 amide bonds. The van der Waals surface area contributed by atoms with Crippen LogP contribution in [0.25, 0.3) is 11.3 Å². The number of aromatic hydroxyl groups is 1. The molecule has 2 rings (SSSR count). The number of pyridine rings is 1. The van der Waals surface area contributed by atoms with Crippen molar-refractivity contribution in [3.63, 3.8) is 0 Å². The van der Waals surface area contributed by atoms with Crippen molar-refractivity contribution in [2.45, 2.75) is 13.8 Å². The molecule has 0 atom stereocenters. The second kappa shape index (κ2) is 6.34. The molecule has 0 fully saturated rings. The Morgan fingerprint density at radius 3 is 2.17 bits per heavy atom. The number of nitrogens with zero attached hydrogens (tertiary/aromatic N) is 2. The topological polar surface area (TPSA) is 76.3 Å². The highest BCUT2D eigenvalue weighted by atomic mass is 16.6. The zero-order valence-electron chi connectivity index (χ0n) is 10.2. The minimum absolute atomic E-state index is 0.0440. The maximum absolute atomic E-state index is 10.5. The third kappa shape index (κ3) is 3.28. The predicted molar refractivity (Wildman–Crippen MR) is 69.3 cm³/mol. The minimum Gasteiger partial charge on any atom is -0.506 e. The van der Waals surface area contributed by atoms with Gasteiger partial charge in [0.2, 0.25) is 0 Å². The molecule has 1 heterocycles. The number of hydrogen-bond donors (Lipinski definition) is 1. The lowest BCUT2D eigenvalue weighted by molar-refractivity contribution is -0.384. The molecule has 1 aromatic carbocycles. The highest BCUT2D eigenvalue weighted by Gasteiger charge is 2.05. The summed E-state index contributed by atoms with van der Waals surface area (Å²) >= 11 is 0. The predicted octanol–water partition coefficient (Wildman–Crippen LogP) is 3.39. The van der Waals surface area contributed by atoms with Crippen LogP contribution in [-0.4, -0.2) is 15.0 Å². The summed E-state index contributed by atoms with van der Waals surface area (Å²) in [6.07, 6.45) is 1.33. The van der Waals surface area contributed by atoms with Gasteiger partial charge in [0.25, 0.3) is 5.69 Å². The fraction of sp³-hybridized carbons (Fsp3) is 0.154. The normalized spacial score (nSPS) is 9.22. The summed E-state index contributed by atoms with van der Waals surface area (Å²) < 4.78 is 0. The molecule has 0 aliphatic carbocycles. The highest BCUT2D eigenvalue weighted by molar-refractivity contribution is 5.61. The van der Waals surface area contributed by atoms with Gasteiger partial charge in [0.15, 0.2) is 0 Å². The Labute approximate surface area is 105 Å². The molecule has 0 aliphatic heterocycles. The van der Waals surface area contributed by atoms with Crippen molar-refractivity contribution < 1.29 is 10.0 Å². The van der Waals surface area contributed by atoms with Gasteiger partial charge in [-0.05, 0) is 24.3 Å². The molecule has 1 aromatic heterocycles. The Bertz CT molecular complexity index is 507. The maximum Gasteiger partial charge on any atom is 0.269 e. The van der Waals surface area contributed by atoms with Crippen LogP contribution in [0.15, 0.2) is 42.6 Å². The Morgan fingerprint density at radius 1 is 1.11 bits per heavy atom. The van der Waals surface area contributed by atoms with E-state index in [1.807, 2.05) is 13.8 Å². The molecule has 18 heavy (non-hydrogen) atoms. The number of benzene rings is 1. The molecule has 5 heteroatoms. The Hall–Kier alpha value is -2.43. The largest absolute Gasteiger partial charge is 0.506 e. The fourth-order valence-corrected chi connectivity index (χ4v) is 1.31. The number of non-ortho nitro benzene ring substituents is 1. The number of nitro benzene ring substituents is 1. The lowest BCUT2D eigenvalue weighted by atomic mass is 10.1. The quantitative estimate of drug-likeness (QED) is 0.650. The number of aromatic nitrogens is 1. The first-order valence-electron chi connectivity index (χ1n) is 5.56. The molecule has 0 saturated carbocycles. The summed E-state index contributed by atoms with van der Waals surface area (Å²) in [6.45, 7) is 4.00. The van der Waals surface area contributed by atoms with Gasteiger partial charge in [-0.1, -0.05) is 13.8 Å². The molecule has 5 nitrogen and oxygen atoms in total. The van der Waals surface area contributed by atoms with Gasteiger partial charge < -0.3 is 5.11 Å². The van der Waals surface area contributed by atoms with Crippen LogP contribution in [-0.2, 0) is 0 Å². The second-order valence-electron chi connectivity index (χ2n) is 3.21. The molecule has 0 aliphatic rings. The monoisotopic (exact) mass is 246 g/mol. The molecule has 0 saturated heterocycles. The molecule has 2 aromatic rings. The first kappa shape index (κ1) is 13.6. The zero-order valence-corrected chi connectivity index (χ0v) is 10.2. The number of rotatable bonds is 2. The molecule has 0 spiro atoms. The van der Waals surface area contributed by atoms with Crippen LogP contribution in [0.4, 0.5) is 5.69 Å². The molecular formula is C13H14N2O3. The van der Waals surface area contributed by atoms with E-state index in [4.69, 9.17) is 5.11 Å². The van der Waals surface area contributed by atoms with Crippen molar-refractivity contribution in [2.75, 3.05) is 0 Å². The first-order valence-corrected chi connectivity index (χ1v) is 5.56. The third-order valence-electron chi connectivity index (χ3n) is 2.12. The lowest BCUT2D eigenvalue weighted by Crippen LogP contribution is -1.88. The maximum atomic E-state index is 10.5. The van der Waals surface area contributed by atoms with Crippen LogP contribution < -0.4 is 0 Å². The van der Waals surface area contributed by atoms with Gasteiger partial charge in [0.05, 0.1) is 16.8 Å². The van der Waals surface area contributed by atoms with Crippen molar-refractivity contribution in [3.8, 4) is 17.0 Å². The van der Waals surface area contributed by atoms with Crippen molar-refractivity contribution >= 4 is 5.69 Å². The smallest absolute Gasteiger partial charge is 0.269 e. The minimum atomic E-state index is -0.450. The second-order valence-corrected chi connectivity index (χ2v) is 3.21. The van der Waals surface area contributed by atoms with Gasteiger partial charge in [-0.25, -0.2) is 0 Å². The van der Waals surface area contributed by atoms with Crippen LogP contribution >= 0.6 is 0 Å². The van der Waals surface area contributed by atoms with Crippen molar-refractivity contribution in [1.29, 1.82) is 0 Å². The number of nitro groups is 1. The van der Waals surface area contributed by atoms with Gasteiger partial charge in [-0.15, -0.1) is 0 Å². The van der Waals surface area contributed by atoms with Gasteiger partial charge in [-0.2, -0.15) is 0 Å². The zero-order chi connectivity index (χ0) is 13.5. The van der Waals surface area contributed by atoms with Gasteiger partial charge in [0.1, 0.15) is 5.75 Å².